The molecule has 0 radical (unpaired) electrons. The lowest BCUT2D eigenvalue weighted by atomic mass is 10.1. The number of sulfonamides is 1. The summed E-state index contributed by atoms with van der Waals surface area (Å²) in [5.41, 5.74) is 3.86. The van der Waals surface area contributed by atoms with Gasteiger partial charge in [0.25, 0.3) is 5.91 Å². The van der Waals surface area contributed by atoms with Crippen molar-refractivity contribution in [1.29, 1.82) is 0 Å². The van der Waals surface area contributed by atoms with E-state index in [1.165, 1.54) is 17.6 Å². The lowest BCUT2D eigenvalue weighted by Gasteiger charge is -2.32. The zero-order valence-corrected chi connectivity index (χ0v) is 23.1. The van der Waals surface area contributed by atoms with Gasteiger partial charge in [0.1, 0.15) is 5.75 Å². The van der Waals surface area contributed by atoms with Gasteiger partial charge in [0.05, 0.1) is 42.1 Å². The van der Waals surface area contributed by atoms with Gasteiger partial charge in [-0.3, -0.25) is 9.10 Å². The summed E-state index contributed by atoms with van der Waals surface area (Å²) in [6.07, 6.45) is 2.85. The molecule has 204 valence electrons. The van der Waals surface area contributed by atoms with Crippen LogP contribution in [0.1, 0.15) is 10.4 Å². The van der Waals surface area contributed by atoms with Gasteiger partial charge >= 0.3 is 0 Å². The molecule has 0 spiro atoms. The van der Waals surface area contributed by atoms with E-state index in [1.807, 2.05) is 36.2 Å². The van der Waals surface area contributed by atoms with Crippen LogP contribution in [0.15, 0.2) is 60.8 Å². The smallest absolute Gasteiger partial charge is 0.254 e. The van der Waals surface area contributed by atoms with Crippen LogP contribution in [0.4, 0.5) is 17.3 Å². The molecular formula is C27H31N7O4S. The van der Waals surface area contributed by atoms with Crippen LogP contribution < -0.4 is 14.4 Å². The molecule has 2 aromatic heterocycles. The minimum Gasteiger partial charge on any atom is -0.495 e. The third kappa shape index (κ3) is 5.38. The van der Waals surface area contributed by atoms with Crippen LogP contribution in [-0.4, -0.2) is 92.4 Å². The highest BCUT2D eigenvalue weighted by Gasteiger charge is 2.22. The lowest BCUT2D eigenvalue weighted by Crippen LogP contribution is -2.47. The predicted octanol–water partition coefficient (Wildman–Crippen LogP) is 2.93. The van der Waals surface area contributed by atoms with Gasteiger partial charge in [-0.2, -0.15) is 0 Å². The fourth-order valence-corrected chi connectivity index (χ4v) is 5.06. The normalized spacial score (nSPS) is 14.4. The number of para-hydroxylation sites is 1. The number of ether oxygens (including phenoxy) is 1. The maximum Gasteiger partial charge on any atom is 0.254 e. The number of methoxy groups -OCH3 is 1. The van der Waals surface area contributed by atoms with Gasteiger partial charge in [-0.25, -0.2) is 17.9 Å². The van der Waals surface area contributed by atoms with Gasteiger partial charge in [-0.05, 0) is 43.4 Å². The summed E-state index contributed by atoms with van der Waals surface area (Å²) in [7, 11) is 1.66. The zero-order valence-electron chi connectivity index (χ0n) is 22.3. The molecule has 1 saturated heterocycles. The number of piperazine rings is 1. The van der Waals surface area contributed by atoms with Crippen molar-refractivity contribution in [1.82, 2.24) is 24.4 Å². The Morgan fingerprint density at radius 1 is 1.05 bits per heavy atom. The number of hydrogen-bond donors (Lipinski definition) is 1. The lowest BCUT2D eigenvalue weighted by molar-refractivity contribution is 0.0664. The third-order valence-electron chi connectivity index (χ3n) is 6.90. The fourth-order valence-electron chi connectivity index (χ4n) is 4.55. The standard InChI is InChI=1S/C27H31N7O4S/c1-31-13-15-33(16-14-31)26(35)19-9-11-22(25(17-19)38-3)29-27-28-18-20-10-12-24(34(20)30-27)21-7-5-6-8-23(21)32(2)39(4,36)37/h5-12,17-18H,13-16H2,1-4H3,(H,29,30). The van der Waals surface area contributed by atoms with Crippen molar-refractivity contribution in [3.8, 4) is 17.0 Å². The summed E-state index contributed by atoms with van der Waals surface area (Å²) in [4.78, 5) is 21.5. The Balaban J connectivity index is 1.45. The number of aromatic nitrogens is 3. The number of nitrogens with one attached hydrogen (secondary N) is 1. The number of carbonyl (C=O) groups excluding carboxylic acids is 1. The van der Waals surface area contributed by atoms with Crippen molar-refractivity contribution < 1.29 is 17.9 Å². The Hall–Kier alpha value is -4.16. The molecule has 5 rings (SSSR count). The van der Waals surface area contributed by atoms with E-state index >= 15 is 0 Å². The molecule has 0 atom stereocenters. The summed E-state index contributed by atoms with van der Waals surface area (Å²) in [5.74, 6) is 0.775. The summed E-state index contributed by atoms with van der Waals surface area (Å²) in [6, 6.07) is 16.3. The number of carbonyl (C=O) groups is 1. The quantitative estimate of drug-likeness (QED) is 0.375. The average molecular weight is 550 g/mol. The molecule has 4 aromatic rings. The third-order valence-corrected chi connectivity index (χ3v) is 8.09. The molecule has 3 heterocycles. The van der Waals surface area contributed by atoms with E-state index in [9.17, 15) is 13.2 Å². The maximum absolute atomic E-state index is 13.0. The summed E-state index contributed by atoms with van der Waals surface area (Å²) < 4.78 is 33.0. The molecule has 39 heavy (non-hydrogen) atoms. The molecule has 1 fully saturated rings. The van der Waals surface area contributed by atoms with Crippen LogP contribution in [0.2, 0.25) is 0 Å². The minimum absolute atomic E-state index is 0.0275. The minimum atomic E-state index is -3.46. The van der Waals surface area contributed by atoms with Crippen LogP contribution in [-0.2, 0) is 10.0 Å². The van der Waals surface area contributed by atoms with Gasteiger partial charge in [0.15, 0.2) is 0 Å². The van der Waals surface area contributed by atoms with Crippen molar-refractivity contribution in [2.45, 2.75) is 0 Å². The van der Waals surface area contributed by atoms with Crippen molar-refractivity contribution in [2.24, 2.45) is 0 Å². The van der Waals surface area contributed by atoms with Crippen LogP contribution in [0.25, 0.3) is 16.8 Å². The van der Waals surface area contributed by atoms with Crippen molar-refractivity contribution in [3.63, 3.8) is 0 Å². The van der Waals surface area contributed by atoms with E-state index < -0.39 is 10.0 Å². The first-order chi connectivity index (χ1) is 18.7. The number of fused-ring (bicyclic) bond motifs is 1. The number of likely N-dealkylation sites (N-methyl/N-ethyl adjacent to an activating group) is 1. The molecule has 1 N–H and O–H groups in total. The second-order valence-corrected chi connectivity index (χ2v) is 11.5. The molecule has 1 aliphatic rings. The molecular weight excluding hydrogens is 518 g/mol. The Morgan fingerprint density at radius 3 is 2.51 bits per heavy atom. The SMILES string of the molecule is COc1cc(C(=O)N2CCN(C)CC2)ccc1Nc1ncc2ccc(-c3ccccc3N(C)S(C)(=O)=O)n2n1. The number of anilines is 3. The van der Waals surface area contributed by atoms with Gasteiger partial charge in [0, 0.05) is 44.4 Å². The Kier molecular flexibility index (Phi) is 7.15. The molecule has 0 unspecified atom stereocenters. The van der Waals surface area contributed by atoms with Gasteiger partial charge in [-0.15, -0.1) is 5.10 Å². The summed E-state index contributed by atoms with van der Waals surface area (Å²) >= 11 is 0. The van der Waals surface area contributed by atoms with E-state index in [2.05, 4.69) is 20.3 Å². The highest BCUT2D eigenvalue weighted by Crippen LogP contribution is 2.33. The van der Waals surface area contributed by atoms with Crippen LogP contribution in [0, 0.1) is 0 Å². The van der Waals surface area contributed by atoms with Crippen molar-refractivity contribution >= 4 is 38.8 Å². The van der Waals surface area contributed by atoms with Crippen LogP contribution >= 0.6 is 0 Å². The van der Waals surface area contributed by atoms with Crippen LogP contribution in [0.5, 0.6) is 5.75 Å². The monoisotopic (exact) mass is 549 g/mol. The number of hydrogen-bond acceptors (Lipinski definition) is 8. The van der Waals surface area contributed by atoms with Gasteiger partial charge < -0.3 is 19.9 Å². The highest BCUT2D eigenvalue weighted by molar-refractivity contribution is 7.92. The molecule has 0 bridgehead atoms. The highest BCUT2D eigenvalue weighted by atomic mass is 32.2. The molecule has 1 aliphatic heterocycles. The summed E-state index contributed by atoms with van der Waals surface area (Å²) in [6.45, 7) is 3.07. The van der Waals surface area contributed by atoms with E-state index in [1.54, 1.807) is 48.2 Å². The molecule has 12 heteroatoms. The molecule has 1 amide bonds. The zero-order chi connectivity index (χ0) is 27.7. The Morgan fingerprint density at radius 2 is 1.79 bits per heavy atom. The Labute approximate surface area is 227 Å². The first-order valence-corrected chi connectivity index (χ1v) is 14.3. The number of rotatable bonds is 7. The average Bonchev–Trinajstić information content (AvgIpc) is 3.35. The maximum atomic E-state index is 13.0. The van der Waals surface area contributed by atoms with E-state index in [-0.39, 0.29) is 5.91 Å². The first kappa shape index (κ1) is 26.4. The number of benzene rings is 2. The van der Waals surface area contributed by atoms with Gasteiger partial charge in [0.2, 0.25) is 16.0 Å². The van der Waals surface area contributed by atoms with Gasteiger partial charge in [-0.1, -0.05) is 18.2 Å². The summed E-state index contributed by atoms with van der Waals surface area (Å²) in [5, 5.41) is 7.87. The fraction of sp³-hybridized carbons (Fsp3) is 0.296. The van der Waals surface area contributed by atoms with Crippen molar-refractivity contribution in [3.05, 3.63) is 66.4 Å². The largest absolute Gasteiger partial charge is 0.495 e. The van der Waals surface area contributed by atoms with E-state index in [4.69, 9.17) is 4.74 Å². The second kappa shape index (κ2) is 10.5. The second-order valence-electron chi connectivity index (χ2n) is 9.52. The topological polar surface area (TPSA) is 112 Å². The molecule has 0 saturated carbocycles. The first-order valence-electron chi connectivity index (χ1n) is 12.5. The van der Waals surface area contributed by atoms with Crippen molar-refractivity contribution in [2.75, 3.05) is 63.3 Å². The predicted molar refractivity (Wildman–Crippen MR) is 151 cm³/mol. The van der Waals surface area contributed by atoms with E-state index in [0.29, 0.717) is 53.0 Å². The number of nitrogens with zero attached hydrogens (tertiary/aromatic N) is 6. The number of amides is 1. The molecule has 11 nitrogen and oxygen atoms in total. The van der Waals surface area contributed by atoms with Crippen LogP contribution in [0.3, 0.4) is 0 Å². The molecule has 0 aliphatic carbocycles. The molecule has 2 aromatic carbocycles. The van der Waals surface area contributed by atoms with E-state index in [0.717, 1.165) is 18.6 Å². The Bertz CT molecular complexity index is 1630.